The molecule has 1 aromatic heterocycles. The van der Waals surface area contributed by atoms with E-state index in [1.54, 1.807) is 0 Å². The van der Waals surface area contributed by atoms with Gasteiger partial charge in [0.2, 0.25) is 5.91 Å². The van der Waals surface area contributed by atoms with Crippen LogP contribution in [0, 0.1) is 0 Å². The van der Waals surface area contributed by atoms with E-state index in [1.165, 1.54) is 0 Å². The van der Waals surface area contributed by atoms with E-state index in [9.17, 15) is 4.79 Å². The minimum Gasteiger partial charge on any atom is -0.354 e. The zero-order valence-electron chi connectivity index (χ0n) is 13.1. The Morgan fingerprint density at radius 2 is 2.05 bits per heavy atom. The highest BCUT2D eigenvalue weighted by atomic mass is 35.5. The molecule has 2 rings (SSSR count). The smallest absolute Gasteiger partial charge is 0.220 e. The molecule has 1 heterocycles. The standard InChI is InChI=1S/C17H22ClN3O/c1-3-13(2)20-17(22)5-4-10-21-12-15(11-19-21)14-6-8-16(18)9-7-14/h6-9,11-13H,3-5,10H2,1-2H3,(H,20,22)/t13-/m1/s1. The number of rotatable bonds is 7. The van der Waals surface area contributed by atoms with Crippen molar-refractivity contribution in [3.8, 4) is 11.1 Å². The lowest BCUT2D eigenvalue weighted by molar-refractivity contribution is -0.121. The first-order chi connectivity index (χ1) is 10.6. The van der Waals surface area contributed by atoms with Crippen LogP contribution in [0.15, 0.2) is 36.7 Å². The van der Waals surface area contributed by atoms with E-state index in [2.05, 4.69) is 17.3 Å². The van der Waals surface area contributed by atoms with Gasteiger partial charge in [-0.25, -0.2) is 0 Å². The summed E-state index contributed by atoms with van der Waals surface area (Å²) in [6.45, 7) is 4.82. The third-order valence-corrected chi connectivity index (χ3v) is 3.87. The van der Waals surface area contributed by atoms with Crippen LogP contribution in [0.1, 0.15) is 33.1 Å². The summed E-state index contributed by atoms with van der Waals surface area (Å²) in [5.41, 5.74) is 2.14. The second-order valence-corrected chi connectivity index (χ2v) is 5.92. The fourth-order valence-corrected chi connectivity index (χ4v) is 2.25. The van der Waals surface area contributed by atoms with Gasteiger partial charge in [0.05, 0.1) is 6.20 Å². The summed E-state index contributed by atoms with van der Waals surface area (Å²) in [4.78, 5) is 11.7. The van der Waals surface area contributed by atoms with Crippen molar-refractivity contribution in [3.05, 3.63) is 41.7 Å². The highest BCUT2D eigenvalue weighted by Gasteiger charge is 2.06. The molecule has 0 saturated carbocycles. The Kier molecular flexibility index (Phi) is 6.01. The molecule has 2 aromatic rings. The van der Waals surface area contributed by atoms with Crippen LogP contribution in [0.4, 0.5) is 0 Å². The molecule has 0 saturated heterocycles. The Morgan fingerprint density at radius 3 is 2.73 bits per heavy atom. The molecule has 5 heteroatoms. The van der Waals surface area contributed by atoms with Gasteiger partial charge in [-0.1, -0.05) is 30.7 Å². The quantitative estimate of drug-likeness (QED) is 0.841. The summed E-state index contributed by atoms with van der Waals surface area (Å²) in [5.74, 6) is 0.111. The molecule has 1 aromatic carbocycles. The molecule has 0 bridgehead atoms. The Labute approximate surface area is 136 Å². The number of hydrogen-bond acceptors (Lipinski definition) is 2. The molecule has 1 amide bonds. The first kappa shape index (κ1) is 16.6. The predicted octanol–water partition coefficient (Wildman–Crippen LogP) is 3.90. The summed E-state index contributed by atoms with van der Waals surface area (Å²) < 4.78 is 1.88. The van der Waals surface area contributed by atoms with Crippen LogP contribution in [0.2, 0.25) is 5.02 Å². The average Bonchev–Trinajstić information content (AvgIpc) is 2.96. The van der Waals surface area contributed by atoms with E-state index in [1.807, 2.05) is 48.3 Å². The van der Waals surface area contributed by atoms with Gasteiger partial charge in [0, 0.05) is 35.8 Å². The van der Waals surface area contributed by atoms with Gasteiger partial charge in [-0.15, -0.1) is 0 Å². The molecular formula is C17H22ClN3O. The SMILES string of the molecule is CC[C@@H](C)NC(=O)CCCn1cc(-c2ccc(Cl)cc2)cn1. The maximum absolute atomic E-state index is 11.7. The molecule has 0 radical (unpaired) electrons. The number of halogens is 1. The van der Waals surface area contributed by atoms with Gasteiger partial charge >= 0.3 is 0 Å². The van der Waals surface area contributed by atoms with Gasteiger partial charge < -0.3 is 5.32 Å². The number of aryl methyl sites for hydroxylation is 1. The van der Waals surface area contributed by atoms with Crippen molar-refractivity contribution in [2.24, 2.45) is 0 Å². The predicted molar refractivity (Wildman–Crippen MR) is 89.8 cm³/mol. The van der Waals surface area contributed by atoms with Crippen molar-refractivity contribution < 1.29 is 4.79 Å². The highest BCUT2D eigenvalue weighted by Crippen LogP contribution is 2.20. The van der Waals surface area contributed by atoms with Gasteiger partial charge in [-0.2, -0.15) is 5.10 Å². The van der Waals surface area contributed by atoms with Gasteiger partial charge in [0.1, 0.15) is 0 Å². The van der Waals surface area contributed by atoms with Crippen LogP contribution in [0.3, 0.4) is 0 Å². The van der Waals surface area contributed by atoms with Crippen LogP contribution in [-0.4, -0.2) is 21.7 Å². The molecule has 4 nitrogen and oxygen atoms in total. The third kappa shape index (κ3) is 4.88. The normalized spacial score (nSPS) is 12.1. The molecule has 0 aliphatic carbocycles. The first-order valence-corrected chi connectivity index (χ1v) is 8.04. The second-order valence-electron chi connectivity index (χ2n) is 5.48. The molecule has 22 heavy (non-hydrogen) atoms. The number of aromatic nitrogens is 2. The summed E-state index contributed by atoms with van der Waals surface area (Å²) >= 11 is 5.89. The largest absolute Gasteiger partial charge is 0.354 e. The fourth-order valence-electron chi connectivity index (χ4n) is 2.13. The maximum Gasteiger partial charge on any atom is 0.220 e. The molecule has 1 atom stereocenters. The number of nitrogens with one attached hydrogen (secondary N) is 1. The van der Waals surface area contributed by atoms with E-state index >= 15 is 0 Å². The summed E-state index contributed by atoms with van der Waals surface area (Å²) in [5, 5.41) is 8.04. The molecule has 0 spiro atoms. The summed E-state index contributed by atoms with van der Waals surface area (Å²) in [6, 6.07) is 7.93. The monoisotopic (exact) mass is 319 g/mol. The van der Waals surface area contributed by atoms with Crippen LogP contribution in [-0.2, 0) is 11.3 Å². The Bertz CT molecular complexity index is 607. The topological polar surface area (TPSA) is 46.9 Å². The lowest BCUT2D eigenvalue weighted by Gasteiger charge is -2.10. The van der Waals surface area contributed by atoms with Crippen molar-refractivity contribution in [2.75, 3.05) is 0 Å². The zero-order chi connectivity index (χ0) is 15.9. The Hall–Kier alpha value is -1.81. The van der Waals surface area contributed by atoms with Crippen LogP contribution < -0.4 is 5.32 Å². The average molecular weight is 320 g/mol. The Morgan fingerprint density at radius 1 is 1.32 bits per heavy atom. The van der Waals surface area contributed by atoms with E-state index < -0.39 is 0 Å². The van der Waals surface area contributed by atoms with Crippen molar-refractivity contribution in [1.29, 1.82) is 0 Å². The Balaban J connectivity index is 1.82. The number of carbonyl (C=O) groups is 1. The lowest BCUT2D eigenvalue weighted by Crippen LogP contribution is -2.31. The van der Waals surface area contributed by atoms with Crippen LogP contribution >= 0.6 is 11.6 Å². The van der Waals surface area contributed by atoms with Gasteiger partial charge in [-0.05, 0) is 37.5 Å². The number of nitrogens with zero attached hydrogens (tertiary/aromatic N) is 2. The van der Waals surface area contributed by atoms with Crippen molar-refractivity contribution in [3.63, 3.8) is 0 Å². The highest BCUT2D eigenvalue weighted by molar-refractivity contribution is 6.30. The van der Waals surface area contributed by atoms with Gasteiger partial charge in [0.15, 0.2) is 0 Å². The van der Waals surface area contributed by atoms with E-state index in [0.717, 1.165) is 35.5 Å². The minimum atomic E-state index is 0.111. The van der Waals surface area contributed by atoms with Crippen molar-refractivity contribution >= 4 is 17.5 Å². The van der Waals surface area contributed by atoms with E-state index in [4.69, 9.17) is 11.6 Å². The molecule has 1 N–H and O–H groups in total. The molecule has 0 unspecified atom stereocenters. The van der Waals surface area contributed by atoms with Crippen LogP contribution in [0.25, 0.3) is 11.1 Å². The fraction of sp³-hybridized carbons (Fsp3) is 0.412. The molecular weight excluding hydrogens is 298 g/mol. The van der Waals surface area contributed by atoms with Gasteiger partial charge in [0.25, 0.3) is 0 Å². The van der Waals surface area contributed by atoms with Crippen LogP contribution in [0.5, 0.6) is 0 Å². The number of benzene rings is 1. The molecule has 0 aliphatic rings. The van der Waals surface area contributed by atoms with Crippen molar-refractivity contribution in [2.45, 2.75) is 45.7 Å². The minimum absolute atomic E-state index is 0.111. The third-order valence-electron chi connectivity index (χ3n) is 3.62. The lowest BCUT2D eigenvalue weighted by atomic mass is 10.1. The van der Waals surface area contributed by atoms with E-state index in [0.29, 0.717) is 6.42 Å². The maximum atomic E-state index is 11.7. The van der Waals surface area contributed by atoms with E-state index in [-0.39, 0.29) is 11.9 Å². The molecule has 0 fully saturated rings. The summed E-state index contributed by atoms with van der Waals surface area (Å²) in [7, 11) is 0. The molecule has 0 aliphatic heterocycles. The number of hydrogen-bond donors (Lipinski definition) is 1. The number of amides is 1. The summed E-state index contributed by atoms with van der Waals surface area (Å²) in [6.07, 6.45) is 6.10. The van der Waals surface area contributed by atoms with Gasteiger partial charge in [-0.3, -0.25) is 9.48 Å². The zero-order valence-corrected chi connectivity index (χ0v) is 13.8. The molecule has 118 valence electrons. The van der Waals surface area contributed by atoms with Crippen molar-refractivity contribution in [1.82, 2.24) is 15.1 Å². The number of carbonyl (C=O) groups excluding carboxylic acids is 1. The second kappa shape index (κ2) is 7.99. The first-order valence-electron chi connectivity index (χ1n) is 7.66.